The first-order chi connectivity index (χ1) is 10.5. The number of nitro groups is 1. The molecular weight excluding hydrogens is 288 g/mol. The summed E-state index contributed by atoms with van der Waals surface area (Å²) >= 11 is 0. The second-order valence-electron chi connectivity index (χ2n) is 4.70. The maximum atomic E-state index is 12.3. The third-order valence-corrected chi connectivity index (χ3v) is 3.34. The first-order valence-corrected chi connectivity index (χ1v) is 7.28. The van der Waals surface area contributed by atoms with Crippen molar-refractivity contribution in [3.05, 3.63) is 27.8 Å². The highest BCUT2D eigenvalue weighted by Gasteiger charge is 2.25. The summed E-state index contributed by atoms with van der Waals surface area (Å²) in [6.07, 6.45) is 1.51. The highest BCUT2D eigenvalue weighted by atomic mass is 16.6. The smallest absolute Gasteiger partial charge is 0.286 e. The number of ether oxygens (including phenoxy) is 2. The molecule has 122 valence electrons. The second kappa shape index (κ2) is 8.21. The van der Waals surface area contributed by atoms with Gasteiger partial charge in [0.25, 0.3) is 11.6 Å². The minimum absolute atomic E-state index is 0.0235. The predicted octanol–water partition coefficient (Wildman–Crippen LogP) is 2.92. The Kier molecular flexibility index (Phi) is 6.62. The molecule has 7 heteroatoms. The standard InChI is InChI=1S/C15H22N2O5/c1-5-10(6-2)16-15(18)11-8-13(21-4)14(22-7-3)9-12(11)17(19)20/h8-10H,5-7H2,1-4H3,(H,16,18). The van der Waals surface area contributed by atoms with Crippen molar-refractivity contribution in [3.8, 4) is 11.5 Å². The molecule has 0 radical (unpaired) electrons. The highest BCUT2D eigenvalue weighted by molar-refractivity contribution is 5.99. The molecule has 0 bridgehead atoms. The molecule has 1 amide bonds. The van der Waals surface area contributed by atoms with Crippen LogP contribution in [0.1, 0.15) is 44.0 Å². The third-order valence-electron chi connectivity index (χ3n) is 3.34. The van der Waals surface area contributed by atoms with Crippen LogP contribution in [0.25, 0.3) is 0 Å². The molecule has 22 heavy (non-hydrogen) atoms. The molecule has 0 unspecified atom stereocenters. The molecule has 1 rings (SSSR count). The van der Waals surface area contributed by atoms with Crippen LogP contribution in [0.5, 0.6) is 11.5 Å². The molecular formula is C15H22N2O5. The maximum Gasteiger partial charge on any atom is 0.286 e. The van der Waals surface area contributed by atoms with E-state index in [1.165, 1.54) is 19.2 Å². The molecule has 0 aliphatic rings. The van der Waals surface area contributed by atoms with E-state index in [2.05, 4.69) is 5.32 Å². The fourth-order valence-corrected chi connectivity index (χ4v) is 2.07. The number of methoxy groups -OCH3 is 1. The average Bonchev–Trinajstić information content (AvgIpc) is 2.52. The number of rotatable bonds is 8. The number of carbonyl (C=O) groups is 1. The molecule has 0 spiro atoms. The van der Waals surface area contributed by atoms with Gasteiger partial charge in [0.15, 0.2) is 11.5 Å². The molecule has 7 nitrogen and oxygen atoms in total. The summed E-state index contributed by atoms with van der Waals surface area (Å²) in [5, 5.41) is 14.0. The van der Waals surface area contributed by atoms with Gasteiger partial charge in [0.1, 0.15) is 5.56 Å². The molecule has 1 aromatic carbocycles. The van der Waals surface area contributed by atoms with Crippen molar-refractivity contribution >= 4 is 11.6 Å². The van der Waals surface area contributed by atoms with Crippen LogP contribution in [0.4, 0.5) is 5.69 Å². The molecule has 0 aliphatic carbocycles. The van der Waals surface area contributed by atoms with E-state index in [4.69, 9.17) is 9.47 Å². The van der Waals surface area contributed by atoms with Crippen LogP contribution in [-0.4, -0.2) is 30.6 Å². The SMILES string of the molecule is CCOc1cc([N+](=O)[O-])c(C(=O)NC(CC)CC)cc1OC. The van der Waals surface area contributed by atoms with Gasteiger partial charge >= 0.3 is 0 Å². The number of hydrogen-bond donors (Lipinski definition) is 1. The van der Waals surface area contributed by atoms with Crippen molar-refractivity contribution in [1.82, 2.24) is 5.32 Å². The quantitative estimate of drug-likeness (QED) is 0.589. The minimum atomic E-state index is -0.593. The molecule has 1 aromatic rings. The minimum Gasteiger partial charge on any atom is -0.493 e. The van der Waals surface area contributed by atoms with E-state index in [0.717, 1.165) is 12.8 Å². The van der Waals surface area contributed by atoms with Crippen molar-refractivity contribution in [2.24, 2.45) is 0 Å². The lowest BCUT2D eigenvalue weighted by molar-refractivity contribution is -0.385. The Bertz CT molecular complexity index is 541. The number of hydrogen-bond acceptors (Lipinski definition) is 5. The first-order valence-electron chi connectivity index (χ1n) is 7.28. The van der Waals surface area contributed by atoms with Crippen molar-refractivity contribution in [2.45, 2.75) is 39.7 Å². The van der Waals surface area contributed by atoms with E-state index in [9.17, 15) is 14.9 Å². The van der Waals surface area contributed by atoms with Crippen molar-refractivity contribution in [3.63, 3.8) is 0 Å². The predicted molar refractivity (Wildman–Crippen MR) is 82.7 cm³/mol. The Morgan fingerprint density at radius 3 is 2.36 bits per heavy atom. The summed E-state index contributed by atoms with van der Waals surface area (Å²) in [7, 11) is 1.42. The van der Waals surface area contributed by atoms with E-state index in [0.29, 0.717) is 12.4 Å². The average molecular weight is 310 g/mol. The van der Waals surface area contributed by atoms with Crippen LogP contribution in [-0.2, 0) is 0 Å². The van der Waals surface area contributed by atoms with Crippen LogP contribution in [0.2, 0.25) is 0 Å². The molecule has 0 heterocycles. The van der Waals surface area contributed by atoms with Crippen LogP contribution in [0.3, 0.4) is 0 Å². The van der Waals surface area contributed by atoms with Gasteiger partial charge in [0, 0.05) is 12.1 Å². The second-order valence-corrected chi connectivity index (χ2v) is 4.70. The number of benzene rings is 1. The molecule has 0 fully saturated rings. The summed E-state index contributed by atoms with van der Waals surface area (Å²) < 4.78 is 10.5. The summed E-state index contributed by atoms with van der Waals surface area (Å²) in [4.78, 5) is 23.0. The summed E-state index contributed by atoms with van der Waals surface area (Å²) in [6, 6.07) is 2.55. The topological polar surface area (TPSA) is 90.7 Å². The van der Waals surface area contributed by atoms with Gasteiger partial charge in [0.2, 0.25) is 0 Å². The molecule has 0 atom stereocenters. The lowest BCUT2D eigenvalue weighted by Gasteiger charge is -2.16. The van der Waals surface area contributed by atoms with Gasteiger partial charge in [-0.2, -0.15) is 0 Å². The Morgan fingerprint density at radius 2 is 1.91 bits per heavy atom. The van der Waals surface area contributed by atoms with Gasteiger partial charge in [-0.15, -0.1) is 0 Å². The lowest BCUT2D eigenvalue weighted by atomic mass is 10.1. The van der Waals surface area contributed by atoms with Crippen LogP contribution >= 0.6 is 0 Å². The number of nitro benzene ring substituents is 1. The Balaban J connectivity index is 3.26. The Morgan fingerprint density at radius 1 is 1.27 bits per heavy atom. The van der Waals surface area contributed by atoms with Crippen molar-refractivity contribution < 1.29 is 19.2 Å². The normalized spacial score (nSPS) is 10.4. The Hall–Kier alpha value is -2.31. The van der Waals surface area contributed by atoms with Gasteiger partial charge in [-0.05, 0) is 19.8 Å². The monoisotopic (exact) mass is 310 g/mol. The number of carbonyl (C=O) groups excluding carboxylic acids is 1. The zero-order valence-corrected chi connectivity index (χ0v) is 13.3. The van der Waals surface area contributed by atoms with Crippen molar-refractivity contribution in [2.75, 3.05) is 13.7 Å². The number of nitrogens with zero attached hydrogens (tertiary/aromatic N) is 1. The maximum absolute atomic E-state index is 12.3. The van der Waals surface area contributed by atoms with Gasteiger partial charge in [-0.1, -0.05) is 13.8 Å². The summed E-state index contributed by atoms with van der Waals surface area (Å²) in [6.45, 7) is 6.00. The van der Waals surface area contributed by atoms with Crippen molar-refractivity contribution in [1.29, 1.82) is 0 Å². The largest absolute Gasteiger partial charge is 0.493 e. The highest BCUT2D eigenvalue weighted by Crippen LogP contribution is 2.34. The number of nitrogens with one attached hydrogen (secondary N) is 1. The van der Waals surface area contributed by atoms with E-state index in [1.807, 2.05) is 13.8 Å². The van der Waals surface area contributed by atoms with E-state index in [-0.39, 0.29) is 23.0 Å². The van der Waals surface area contributed by atoms with Crippen LogP contribution in [0.15, 0.2) is 12.1 Å². The van der Waals surface area contributed by atoms with Crippen LogP contribution in [0, 0.1) is 10.1 Å². The zero-order chi connectivity index (χ0) is 16.7. The van der Waals surface area contributed by atoms with Gasteiger partial charge in [0.05, 0.1) is 24.7 Å². The molecule has 0 saturated carbocycles. The lowest BCUT2D eigenvalue weighted by Crippen LogP contribution is -2.34. The Labute approximate surface area is 129 Å². The van der Waals surface area contributed by atoms with Gasteiger partial charge < -0.3 is 14.8 Å². The summed E-state index contributed by atoms with van der Waals surface area (Å²) in [5.74, 6) is 0.0553. The molecule has 1 N–H and O–H groups in total. The zero-order valence-electron chi connectivity index (χ0n) is 13.3. The van der Waals surface area contributed by atoms with Crippen LogP contribution < -0.4 is 14.8 Å². The van der Waals surface area contributed by atoms with Gasteiger partial charge in [-0.25, -0.2) is 0 Å². The fraction of sp³-hybridized carbons (Fsp3) is 0.533. The van der Waals surface area contributed by atoms with E-state index in [1.54, 1.807) is 6.92 Å². The fourth-order valence-electron chi connectivity index (χ4n) is 2.07. The summed E-state index contributed by atoms with van der Waals surface area (Å²) in [5.41, 5.74) is -0.329. The number of amides is 1. The molecule has 0 saturated heterocycles. The van der Waals surface area contributed by atoms with E-state index < -0.39 is 10.8 Å². The van der Waals surface area contributed by atoms with Gasteiger partial charge in [-0.3, -0.25) is 14.9 Å². The molecule has 0 aliphatic heterocycles. The van der Waals surface area contributed by atoms with E-state index >= 15 is 0 Å². The third kappa shape index (κ3) is 4.09. The first kappa shape index (κ1) is 17.7. The molecule has 0 aromatic heterocycles.